The van der Waals surface area contributed by atoms with Crippen molar-refractivity contribution >= 4 is 11.9 Å². The van der Waals surface area contributed by atoms with Gasteiger partial charge in [0.2, 0.25) is 0 Å². The number of nitrogens with one attached hydrogen (secondary N) is 1. The van der Waals surface area contributed by atoms with Crippen LogP contribution in [0.3, 0.4) is 0 Å². The van der Waals surface area contributed by atoms with E-state index in [0.717, 1.165) is 6.42 Å². The van der Waals surface area contributed by atoms with E-state index in [-0.39, 0.29) is 17.4 Å². The van der Waals surface area contributed by atoms with Crippen molar-refractivity contribution in [2.45, 2.75) is 27.2 Å². The Kier molecular flexibility index (Phi) is 5.64. The number of amides is 3. The normalized spacial score (nSPS) is 16.0. The van der Waals surface area contributed by atoms with Gasteiger partial charge in [0.25, 0.3) is 5.91 Å². The number of carbonyl (C=O) groups excluding carboxylic acids is 2. The van der Waals surface area contributed by atoms with Crippen LogP contribution in [0.25, 0.3) is 0 Å². The van der Waals surface area contributed by atoms with E-state index in [1.165, 1.54) is 0 Å². The Balaban J connectivity index is 1.89. The molecule has 1 aromatic carbocycles. The summed E-state index contributed by atoms with van der Waals surface area (Å²) in [7, 11) is 0. The highest BCUT2D eigenvalue weighted by Crippen LogP contribution is 2.12. The van der Waals surface area contributed by atoms with Gasteiger partial charge in [-0.2, -0.15) is 0 Å². The Morgan fingerprint density at radius 3 is 2.26 bits per heavy atom. The van der Waals surface area contributed by atoms with Crippen LogP contribution in [0.2, 0.25) is 0 Å². The molecular formula is C18H27N3O2. The van der Waals surface area contributed by atoms with E-state index >= 15 is 0 Å². The first-order valence-electron chi connectivity index (χ1n) is 8.24. The average Bonchev–Trinajstić information content (AvgIpc) is 2.78. The molecule has 1 saturated heterocycles. The van der Waals surface area contributed by atoms with Gasteiger partial charge in [-0.3, -0.25) is 4.79 Å². The summed E-state index contributed by atoms with van der Waals surface area (Å²) in [5, 5.41) is 2.98. The fraction of sp³-hybridized carbons (Fsp3) is 0.556. The topological polar surface area (TPSA) is 52.7 Å². The summed E-state index contributed by atoms with van der Waals surface area (Å²) in [5.41, 5.74) is 0.773. The van der Waals surface area contributed by atoms with Crippen LogP contribution in [0.5, 0.6) is 0 Å². The van der Waals surface area contributed by atoms with Gasteiger partial charge in [-0.25, -0.2) is 4.79 Å². The molecule has 1 heterocycles. The van der Waals surface area contributed by atoms with Crippen LogP contribution in [-0.4, -0.2) is 54.5 Å². The summed E-state index contributed by atoms with van der Waals surface area (Å²) >= 11 is 0. The molecule has 126 valence electrons. The van der Waals surface area contributed by atoms with Crippen molar-refractivity contribution in [1.82, 2.24) is 15.1 Å². The van der Waals surface area contributed by atoms with Gasteiger partial charge >= 0.3 is 6.03 Å². The van der Waals surface area contributed by atoms with E-state index in [9.17, 15) is 9.59 Å². The predicted octanol–water partition coefficient (Wildman–Crippen LogP) is 2.59. The summed E-state index contributed by atoms with van der Waals surface area (Å²) in [4.78, 5) is 28.4. The van der Waals surface area contributed by atoms with Crippen molar-refractivity contribution in [3.63, 3.8) is 0 Å². The van der Waals surface area contributed by atoms with Gasteiger partial charge in [-0.05, 0) is 24.0 Å². The van der Waals surface area contributed by atoms with E-state index in [1.54, 1.807) is 0 Å². The summed E-state index contributed by atoms with van der Waals surface area (Å²) in [6.45, 7) is 9.47. The van der Waals surface area contributed by atoms with Crippen LogP contribution in [0.15, 0.2) is 30.3 Å². The zero-order chi connectivity index (χ0) is 16.9. The number of hydrogen-bond acceptors (Lipinski definition) is 2. The highest BCUT2D eigenvalue weighted by molar-refractivity contribution is 5.94. The molecular weight excluding hydrogens is 290 g/mol. The van der Waals surface area contributed by atoms with Gasteiger partial charge in [0.05, 0.1) is 0 Å². The van der Waals surface area contributed by atoms with Crippen LogP contribution < -0.4 is 5.32 Å². The number of benzene rings is 1. The van der Waals surface area contributed by atoms with Gasteiger partial charge in [0.15, 0.2) is 0 Å². The minimum atomic E-state index is -0.0334. The molecule has 0 unspecified atom stereocenters. The van der Waals surface area contributed by atoms with E-state index < -0.39 is 0 Å². The maximum atomic E-state index is 12.5. The summed E-state index contributed by atoms with van der Waals surface area (Å²) in [6.07, 6.45) is 0.807. The molecule has 3 amide bonds. The lowest BCUT2D eigenvalue weighted by molar-refractivity contribution is 0.0762. The second-order valence-electron chi connectivity index (χ2n) is 7.22. The van der Waals surface area contributed by atoms with E-state index in [1.807, 2.05) is 40.1 Å². The van der Waals surface area contributed by atoms with Gasteiger partial charge in [0, 0.05) is 38.3 Å². The van der Waals surface area contributed by atoms with E-state index in [4.69, 9.17) is 0 Å². The minimum absolute atomic E-state index is 0.0334. The van der Waals surface area contributed by atoms with Crippen molar-refractivity contribution in [2.24, 2.45) is 5.41 Å². The van der Waals surface area contributed by atoms with Crippen molar-refractivity contribution in [3.05, 3.63) is 35.9 Å². The molecule has 5 nitrogen and oxygen atoms in total. The number of carbonyl (C=O) groups is 2. The average molecular weight is 317 g/mol. The zero-order valence-electron chi connectivity index (χ0n) is 14.3. The SMILES string of the molecule is CC(C)(C)CNC(=O)N1CCCN(C(=O)c2ccccc2)CC1. The fourth-order valence-electron chi connectivity index (χ4n) is 2.54. The fourth-order valence-corrected chi connectivity index (χ4v) is 2.54. The Hall–Kier alpha value is -2.04. The molecule has 0 radical (unpaired) electrons. The smallest absolute Gasteiger partial charge is 0.317 e. The Morgan fingerprint density at radius 2 is 1.61 bits per heavy atom. The molecule has 0 atom stereocenters. The van der Waals surface area contributed by atoms with Crippen LogP contribution in [0.1, 0.15) is 37.6 Å². The van der Waals surface area contributed by atoms with Crippen molar-refractivity contribution in [2.75, 3.05) is 32.7 Å². The third kappa shape index (κ3) is 5.27. The van der Waals surface area contributed by atoms with Crippen molar-refractivity contribution < 1.29 is 9.59 Å². The molecule has 1 N–H and O–H groups in total. The third-order valence-electron chi connectivity index (χ3n) is 3.86. The molecule has 5 heteroatoms. The van der Waals surface area contributed by atoms with Gasteiger partial charge in [-0.1, -0.05) is 39.0 Å². The number of urea groups is 1. The number of rotatable bonds is 2. The first kappa shape index (κ1) is 17.3. The maximum Gasteiger partial charge on any atom is 0.317 e. The van der Waals surface area contributed by atoms with Gasteiger partial charge in [0.1, 0.15) is 0 Å². The highest BCUT2D eigenvalue weighted by atomic mass is 16.2. The molecule has 23 heavy (non-hydrogen) atoms. The lowest BCUT2D eigenvalue weighted by atomic mass is 9.97. The quantitative estimate of drug-likeness (QED) is 0.911. The number of hydrogen-bond donors (Lipinski definition) is 1. The largest absolute Gasteiger partial charge is 0.337 e. The molecule has 0 bridgehead atoms. The lowest BCUT2D eigenvalue weighted by Gasteiger charge is -2.25. The van der Waals surface area contributed by atoms with Crippen LogP contribution in [0, 0.1) is 5.41 Å². The summed E-state index contributed by atoms with van der Waals surface area (Å²) < 4.78 is 0. The van der Waals surface area contributed by atoms with Crippen LogP contribution in [0.4, 0.5) is 4.79 Å². The second kappa shape index (κ2) is 7.49. The standard InChI is InChI=1S/C18H27N3O2/c1-18(2,3)14-19-17(23)21-11-7-10-20(12-13-21)16(22)15-8-5-4-6-9-15/h4-6,8-9H,7,10-14H2,1-3H3,(H,19,23). The maximum absolute atomic E-state index is 12.5. The monoisotopic (exact) mass is 317 g/mol. The van der Waals surface area contributed by atoms with Crippen molar-refractivity contribution in [3.8, 4) is 0 Å². The number of nitrogens with zero attached hydrogens (tertiary/aromatic N) is 2. The lowest BCUT2D eigenvalue weighted by Crippen LogP contribution is -2.44. The summed E-state index contributed by atoms with van der Waals surface area (Å²) in [6, 6.07) is 9.28. The highest BCUT2D eigenvalue weighted by Gasteiger charge is 2.23. The molecule has 0 spiro atoms. The molecule has 0 saturated carbocycles. The molecule has 0 aliphatic carbocycles. The Labute approximate surface area is 138 Å². The predicted molar refractivity (Wildman–Crippen MR) is 91.4 cm³/mol. The minimum Gasteiger partial charge on any atom is -0.337 e. The first-order chi connectivity index (χ1) is 10.9. The van der Waals surface area contributed by atoms with Crippen molar-refractivity contribution in [1.29, 1.82) is 0 Å². The van der Waals surface area contributed by atoms with Gasteiger partial charge in [-0.15, -0.1) is 0 Å². The molecule has 1 aromatic rings. The first-order valence-corrected chi connectivity index (χ1v) is 8.24. The Bertz CT molecular complexity index is 537. The summed E-state index contributed by atoms with van der Waals surface area (Å²) in [5.74, 6) is 0.0440. The molecule has 0 aromatic heterocycles. The molecule has 2 rings (SSSR count). The van der Waals surface area contributed by atoms with Gasteiger partial charge < -0.3 is 15.1 Å². The third-order valence-corrected chi connectivity index (χ3v) is 3.86. The van der Waals surface area contributed by atoms with Crippen LogP contribution in [-0.2, 0) is 0 Å². The Morgan fingerprint density at radius 1 is 1.00 bits per heavy atom. The molecule has 1 fully saturated rings. The molecule has 1 aliphatic rings. The molecule has 1 aliphatic heterocycles. The second-order valence-corrected chi connectivity index (χ2v) is 7.22. The van der Waals surface area contributed by atoms with Crippen LogP contribution >= 0.6 is 0 Å². The van der Waals surface area contributed by atoms with E-state index in [2.05, 4.69) is 26.1 Å². The van der Waals surface area contributed by atoms with E-state index in [0.29, 0.717) is 38.3 Å². The zero-order valence-corrected chi connectivity index (χ0v) is 14.3.